The zero-order chi connectivity index (χ0) is 21.1. The highest BCUT2D eigenvalue weighted by molar-refractivity contribution is 7.16. The number of nitrogens with one attached hydrogen (secondary N) is 1. The lowest BCUT2D eigenvalue weighted by molar-refractivity contribution is -0.112. The van der Waals surface area contributed by atoms with Crippen molar-refractivity contribution in [2.24, 2.45) is 0 Å². The molecule has 0 spiro atoms. The van der Waals surface area contributed by atoms with Crippen LogP contribution in [0.2, 0.25) is 0 Å². The molecule has 5 nitrogen and oxygen atoms in total. The third-order valence-corrected chi connectivity index (χ3v) is 6.26. The van der Waals surface area contributed by atoms with Crippen molar-refractivity contribution < 1.29 is 9.18 Å². The molecule has 3 aromatic rings. The number of nitriles is 2. The molecular weight excluding hydrogens is 399 g/mol. The molecule has 1 aliphatic carbocycles. The van der Waals surface area contributed by atoms with Crippen LogP contribution in [0, 0.1) is 28.5 Å². The minimum atomic E-state index is -0.556. The molecule has 7 heteroatoms. The lowest BCUT2D eigenvalue weighted by Crippen LogP contribution is -2.13. The Kier molecular flexibility index (Phi) is 5.47. The van der Waals surface area contributed by atoms with Crippen LogP contribution >= 0.6 is 11.3 Å². The second-order valence-corrected chi connectivity index (χ2v) is 8.04. The molecule has 4 rings (SSSR count). The van der Waals surface area contributed by atoms with Crippen molar-refractivity contribution in [1.82, 2.24) is 4.57 Å². The summed E-state index contributed by atoms with van der Waals surface area (Å²) in [6.45, 7) is 0. The molecule has 0 atom stereocenters. The molecule has 0 radical (unpaired) electrons. The first-order valence-electron chi connectivity index (χ1n) is 9.52. The van der Waals surface area contributed by atoms with Gasteiger partial charge >= 0.3 is 0 Å². The summed E-state index contributed by atoms with van der Waals surface area (Å²) >= 11 is 1.42. The zero-order valence-electron chi connectivity index (χ0n) is 16.0. The summed E-state index contributed by atoms with van der Waals surface area (Å²) in [5.41, 5.74) is 2.78. The number of benzene rings is 1. The maximum Gasteiger partial charge on any atom is 0.267 e. The quantitative estimate of drug-likeness (QED) is 0.481. The molecule has 0 bridgehead atoms. The third kappa shape index (κ3) is 3.76. The molecule has 1 amide bonds. The molecule has 2 aromatic heterocycles. The summed E-state index contributed by atoms with van der Waals surface area (Å²) in [6, 6.07) is 13.6. The van der Waals surface area contributed by atoms with Gasteiger partial charge in [-0.15, -0.1) is 11.3 Å². The van der Waals surface area contributed by atoms with E-state index in [1.807, 2.05) is 6.07 Å². The van der Waals surface area contributed by atoms with Crippen molar-refractivity contribution >= 4 is 28.3 Å². The molecule has 0 unspecified atom stereocenters. The molecule has 30 heavy (non-hydrogen) atoms. The van der Waals surface area contributed by atoms with Gasteiger partial charge in [0.2, 0.25) is 0 Å². The van der Waals surface area contributed by atoms with E-state index in [1.165, 1.54) is 29.5 Å². The van der Waals surface area contributed by atoms with Gasteiger partial charge in [0.05, 0.1) is 5.56 Å². The lowest BCUT2D eigenvalue weighted by atomic mass is 9.96. The van der Waals surface area contributed by atoms with Crippen molar-refractivity contribution in [1.29, 1.82) is 10.5 Å². The van der Waals surface area contributed by atoms with E-state index in [2.05, 4.69) is 11.4 Å². The molecule has 0 fully saturated rings. The smallest absolute Gasteiger partial charge is 0.267 e. The molecule has 1 aliphatic rings. The van der Waals surface area contributed by atoms with E-state index in [0.717, 1.165) is 36.1 Å². The highest BCUT2D eigenvalue weighted by Crippen LogP contribution is 2.37. The van der Waals surface area contributed by atoms with E-state index in [1.54, 1.807) is 35.0 Å². The van der Waals surface area contributed by atoms with E-state index >= 15 is 0 Å². The topological polar surface area (TPSA) is 81.6 Å². The van der Waals surface area contributed by atoms with Crippen molar-refractivity contribution in [3.8, 4) is 17.8 Å². The lowest BCUT2D eigenvalue weighted by Gasteiger charge is -2.09. The Bertz CT molecular complexity index is 1220. The van der Waals surface area contributed by atoms with Gasteiger partial charge in [-0.05, 0) is 73.7 Å². The summed E-state index contributed by atoms with van der Waals surface area (Å²) in [5.74, 6) is -0.897. The van der Waals surface area contributed by atoms with Gasteiger partial charge in [0.1, 0.15) is 28.5 Å². The van der Waals surface area contributed by atoms with Crippen LogP contribution in [0.5, 0.6) is 0 Å². The average molecular weight is 416 g/mol. The number of nitrogens with zero attached hydrogens (tertiary/aromatic N) is 3. The third-order valence-electron chi connectivity index (χ3n) is 5.05. The number of aryl methyl sites for hydroxylation is 1. The average Bonchev–Trinajstić information content (AvgIpc) is 3.36. The van der Waals surface area contributed by atoms with Gasteiger partial charge in [0, 0.05) is 22.5 Å². The minimum absolute atomic E-state index is 0.0766. The van der Waals surface area contributed by atoms with Gasteiger partial charge in [-0.3, -0.25) is 4.79 Å². The standard InChI is InChI=1S/C23H17FN4OS/c24-16-7-9-17(10-8-16)28-11-3-4-18(28)12-15(13-25)22(29)27-23-20(14-26)19-5-1-2-6-21(19)30-23/h3-4,7-12H,1-2,5-6H2,(H,27,29). The van der Waals surface area contributed by atoms with Gasteiger partial charge in [0.25, 0.3) is 5.91 Å². The first-order valence-corrected chi connectivity index (χ1v) is 10.3. The number of rotatable bonds is 4. The number of halogens is 1. The van der Waals surface area contributed by atoms with Gasteiger partial charge in [-0.25, -0.2) is 4.39 Å². The summed E-state index contributed by atoms with van der Waals surface area (Å²) in [6.07, 6.45) is 7.13. The molecule has 2 heterocycles. The molecule has 0 aliphatic heterocycles. The van der Waals surface area contributed by atoms with Crippen molar-refractivity contribution in [3.63, 3.8) is 0 Å². The van der Waals surface area contributed by atoms with E-state index in [0.29, 0.717) is 21.9 Å². The van der Waals surface area contributed by atoms with Crippen molar-refractivity contribution in [2.45, 2.75) is 25.7 Å². The van der Waals surface area contributed by atoms with Crippen LogP contribution in [0.25, 0.3) is 11.8 Å². The van der Waals surface area contributed by atoms with Crippen LogP contribution in [-0.2, 0) is 17.6 Å². The highest BCUT2D eigenvalue weighted by Gasteiger charge is 2.22. The normalized spacial score (nSPS) is 13.2. The van der Waals surface area contributed by atoms with Crippen LogP contribution < -0.4 is 5.32 Å². The van der Waals surface area contributed by atoms with Gasteiger partial charge in [-0.1, -0.05) is 0 Å². The van der Waals surface area contributed by atoms with Crippen LogP contribution in [0.3, 0.4) is 0 Å². The van der Waals surface area contributed by atoms with Crippen LogP contribution in [0.15, 0.2) is 48.2 Å². The highest BCUT2D eigenvalue weighted by atomic mass is 32.1. The Balaban J connectivity index is 1.62. The number of hydrogen-bond acceptors (Lipinski definition) is 4. The maximum absolute atomic E-state index is 13.2. The summed E-state index contributed by atoms with van der Waals surface area (Å²) < 4.78 is 15.0. The fraction of sp³-hybridized carbons (Fsp3) is 0.174. The van der Waals surface area contributed by atoms with Gasteiger partial charge in [0.15, 0.2) is 0 Å². The number of anilines is 1. The number of amides is 1. The first kappa shape index (κ1) is 19.6. The fourth-order valence-corrected chi connectivity index (χ4v) is 4.82. The number of carbonyl (C=O) groups is 1. The SMILES string of the molecule is N#CC(=Cc1cccn1-c1ccc(F)cc1)C(=O)Nc1sc2c(c1C#N)CCCC2. The number of hydrogen-bond donors (Lipinski definition) is 1. The summed E-state index contributed by atoms with van der Waals surface area (Å²) in [7, 11) is 0. The number of carbonyl (C=O) groups excluding carboxylic acids is 1. The zero-order valence-corrected chi connectivity index (χ0v) is 16.8. The Morgan fingerprint density at radius 2 is 1.93 bits per heavy atom. The maximum atomic E-state index is 13.2. The first-order chi connectivity index (χ1) is 14.6. The van der Waals surface area contributed by atoms with Crippen molar-refractivity contribution in [3.05, 3.63) is 75.7 Å². The van der Waals surface area contributed by atoms with E-state index in [9.17, 15) is 19.7 Å². The van der Waals surface area contributed by atoms with Crippen LogP contribution in [-0.4, -0.2) is 10.5 Å². The summed E-state index contributed by atoms with van der Waals surface area (Å²) in [5, 5.41) is 22.4. The second kappa shape index (κ2) is 8.36. The van der Waals surface area contributed by atoms with Gasteiger partial charge < -0.3 is 9.88 Å². The monoisotopic (exact) mass is 416 g/mol. The van der Waals surface area contributed by atoms with E-state index in [-0.39, 0.29) is 11.4 Å². The number of aromatic nitrogens is 1. The van der Waals surface area contributed by atoms with E-state index < -0.39 is 5.91 Å². The number of thiophene rings is 1. The molecular formula is C23H17FN4OS. The van der Waals surface area contributed by atoms with Crippen LogP contribution in [0.4, 0.5) is 9.39 Å². The minimum Gasteiger partial charge on any atom is -0.317 e. The predicted molar refractivity (Wildman–Crippen MR) is 114 cm³/mol. The molecule has 0 saturated heterocycles. The molecule has 0 saturated carbocycles. The molecule has 1 N–H and O–H groups in total. The van der Waals surface area contributed by atoms with Crippen LogP contribution in [0.1, 0.15) is 34.5 Å². The largest absolute Gasteiger partial charge is 0.317 e. The Hall–Kier alpha value is -3.68. The Morgan fingerprint density at radius 1 is 1.17 bits per heavy atom. The Morgan fingerprint density at radius 3 is 2.67 bits per heavy atom. The predicted octanol–water partition coefficient (Wildman–Crippen LogP) is 4.97. The summed E-state index contributed by atoms with van der Waals surface area (Å²) in [4.78, 5) is 13.9. The van der Waals surface area contributed by atoms with E-state index in [4.69, 9.17) is 0 Å². The number of fused-ring (bicyclic) bond motifs is 1. The van der Waals surface area contributed by atoms with Crippen molar-refractivity contribution in [2.75, 3.05) is 5.32 Å². The van der Waals surface area contributed by atoms with Gasteiger partial charge in [-0.2, -0.15) is 10.5 Å². The molecule has 1 aromatic carbocycles. The second-order valence-electron chi connectivity index (χ2n) is 6.93. The molecule has 148 valence electrons. The Labute approximate surface area is 177 Å². The fourth-order valence-electron chi connectivity index (χ4n) is 3.59.